The summed E-state index contributed by atoms with van der Waals surface area (Å²) in [5, 5.41) is 0. The summed E-state index contributed by atoms with van der Waals surface area (Å²) in [6.45, 7) is 8.98. The molecule has 0 saturated carbocycles. The molecule has 4 nitrogen and oxygen atoms in total. The van der Waals surface area contributed by atoms with Crippen LogP contribution in [0.25, 0.3) is 22.6 Å². The van der Waals surface area contributed by atoms with E-state index in [1.165, 1.54) is 40.8 Å². The number of ether oxygens (including phenoxy) is 1. The Balaban J connectivity index is 1.42. The second kappa shape index (κ2) is 14.7. The molecule has 0 fully saturated rings. The largest absolute Gasteiger partial charge is 0.489 e. The highest BCUT2D eigenvalue weighted by molar-refractivity contribution is 5.68. The van der Waals surface area contributed by atoms with Gasteiger partial charge in [0, 0.05) is 30.8 Å². The van der Waals surface area contributed by atoms with Crippen molar-refractivity contribution >= 4 is 0 Å². The molecule has 0 bridgehead atoms. The number of rotatable bonds is 15. The van der Waals surface area contributed by atoms with Crippen LogP contribution in [0, 0.1) is 0 Å². The number of benzene rings is 3. The van der Waals surface area contributed by atoms with E-state index in [1.54, 1.807) is 0 Å². The standard InChI is InChI=1S/C37H43N3O/c1-3-5-24-39(27-31-22-23-34(26-31)41-29-30-16-10-7-11-17-30)28-35-36(32-18-12-8-13-19-32)38-37(40(35)25-6-4-2)33-20-14-9-15-21-33/h7-21,23,26H,3-6,22,24-25,27-29H2,1-2H3. The highest BCUT2D eigenvalue weighted by Crippen LogP contribution is 2.32. The summed E-state index contributed by atoms with van der Waals surface area (Å²) in [6.07, 6.45) is 10.1. The van der Waals surface area contributed by atoms with Gasteiger partial charge >= 0.3 is 0 Å². The van der Waals surface area contributed by atoms with E-state index in [4.69, 9.17) is 9.72 Å². The topological polar surface area (TPSA) is 30.3 Å². The smallest absolute Gasteiger partial charge is 0.140 e. The van der Waals surface area contributed by atoms with Crippen molar-refractivity contribution in [1.82, 2.24) is 14.5 Å². The van der Waals surface area contributed by atoms with Crippen molar-refractivity contribution in [3.63, 3.8) is 0 Å². The fourth-order valence-electron chi connectivity index (χ4n) is 5.44. The van der Waals surface area contributed by atoms with Gasteiger partial charge in [0.1, 0.15) is 18.2 Å². The van der Waals surface area contributed by atoms with E-state index in [2.05, 4.69) is 120 Å². The van der Waals surface area contributed by atoms with Gasteiger partial charge in [-0.3, -0.25) is 4.90 Å². The molecule has 212 valence electrons. The van der Waals surface area contributed by atoms with Gasteiger partial charge in [-0.25, -0.2) is 4.98 Å². The van der Waals surface area contributed by atoms with Crippen molar-refractivity contribution in [3.05, 3.63) is 126 Å². The van der Waals surface area contributed by atoms with Crippen molar-refractivity contribution in [3.8, 4) is 22.6 Å². The summed E-state index contributed by atoms with van der Waals surface area (Å²) in [6, 6.07) is 31.8. The third-order valence-electron chi connectivity index (χ3n) is 7.68. The summed E-state index contributed by atoms with van der Waals surface area (Å²) < 4.78 is 8.64. The molecule has 0 spiro atoms. The Morgan fingerprint density at radius 2 is 1.44 bits per heavy atom. The van der Waals surface area contributed by atoms with E-state index in [0.29, 0.717) is 6.61 Å². The summed E-state index contributed by atoms with van der Waals surface area (Å²) in [7, 11) is 0. The Morgan fingerprint density at radius 1 is 0.780 bits per heavy atom. The van der Waals surface area contributed by atoms with Gasteiger partial charge in [0.25, 0.3) is 0 Å². The van der Waals surface area contributed by atoms with Gasteiger partial charge in [0.15, 0.2) is 0 Å². The van der Waals surface area contributed by atoms with Gasteiger partial charge in [-0.1, -0.05) is 118 Å². The third-order valence-corrected chi connectivity index (χ3v) is 7.68. The zero-order valence-corrected chi connectivity index (χ0v) is 24.6. The minimum absolute atomic E-state index is 0.606. The van der Waals surface area contributed by atoms with E-state index in [1.807, 2.05) is 6.07 Å². The van der Waals surface area contributed by atoms with Crippen LogP contribution in [0.15, 0.2) is 114 Å². The molecule has 1 heterocycles. The van der Waals surface area contributed by atoms with Gasteiger partial charge in [-0.05, 0) is 49.1 Å². The van der Waals surface area contributed by atoms with Crippen LogP contribution < -0.4 is 0 Å². The van der Waals surface area contributed by atoms with Crippen LogP contribution in [0.1, 0.15) is 57.2 Å². The molecular weight excluding hydrogens is 502 g/mol. The molecule has 0 unspecified atom stereocenters. The predicted octanol–water partition coefficient (Wildman–Crippen LogP) is 9.05. The van der Waals surface area contributed by atoms with E-state index in [9.17, 15) is 0 Å². The summed E-state index contributed by atoms with van der Waals surface area (Å²) in [4.78, 5) is 7.94. The normalized spacial score (nSPS) is 13.0. The molecule has 0 N–H and O–H groups in total. The number of allylic oxidation sites excluding steroid dienone is 2. The molecule has 3 aromatic carbocycles. The van der Waals surface area contributed by atoms with E-state index in [-0.39, 0.29) is 0 Å². The lowest BCUT2D eigenvalue weighted by atomic mass is 10.1. The second-order valence-electron chi connectivity index (χ2n) is 10.9. The summed E-state index contributed by atoms with van der Waals surface area (Å²) in [5.74, 6) is 2.06. The highest BCUT2D eigenvalue weighted by atomic mass is 16.5. The maximum Gasteiger partial charge on any atom is 0.140 e. The molecular formula is C37H43N3O. The van der Waals surface area contributed by atoms with Gasteiger partial charge in [0.05, 0.1) is 11.4 Å². The van der Waals surface area contributed by atoms with Crippen molar-refractivity contribution < 1.29 is 4.74 Å². The number of aromatic nitrogens is 2. The van der Waals surface area contributed by atoms with E-state index >= 15 is 0 Å². The van der Waals surface area contributed by atoms with Gasteiger partial charge in [0.2, 0.25) is 0 Å². The molecule has 0 radical (unpaired) electrons. The van der Waals surface area contributed by atoms with E-state index in [0.717, 1.165) is 62.7 Å². The van der Waals surface area contributed by atoms with Crippen LogP contribution in [-0.2, 0) is 24.4 Å². The predicted molar refractivity (Wildman–Crippen MR) is 170 cm³/mol. The first-order valence-electron chi connectivity index (χ1n) is 15.2. The minimum Gasteiger partial charge on any atom is -0.489 e. The summed E-state index contributed by atoms with van der Waals surface area (Å²) >= 11 is 0. The molecule has 0 saturated heterocycles. The molecule has 1 aliphatic carbocycles. The maximum absolute atomic E-state index is 6.15. The number of imidazole rings is 1. The van der Waals surface area contributed by atoms with Crippen LogP contribution in [0.5, 0.6) is 0 Å². The monoisotopic (exact) mass is 545 g/mol. The Morgan fingerprint density at radius 3 is 2.12 bits per heavy atom. The van der Waals surface area contributed by atoms with Gasteiger partial charge in [-0.2, -0.15) is 0 Å². The van der Waals surface area contributed by atoms with Crippen LogP contribution >= 0.6 is 0 Å². The van der Waals surface area contributed by atoms with Crippen molar-refractivity contribution in [2.75, 3.05) is 13.1 Å². The Bertz CT molecular complexity index is 1420. The molecule has 1 aliphatic rings. The maximum atomic E-state index is 6.15. The second-order valence-corrected chi connectivity index (χ2v) is 10.9. The Kier molecular flexibility index (Phi) is 10.2. The molecule has 4 heteroatoms. The molecule has 0 amide bonds. The van der Waals surface area contributed by atoms with Crippen LogP contribution in [0.4, 0.5) is 0 Å². The Hall–Kier alpha value is -3.89. The van der Waals surface area contributed by atoms with Crippen molar-refractivity contribution in [1.29, 1.82) is 0 Å². The minimum atomic E-state index is 0.606. The molecule has 4 aromatic rings. The van der Waals surface area contributed by atoms with Crippen LogP contribution in [-0.4, -0.2) is 27.5 Å². The third kappa shape index (κ3) is 7.65. The van der Waals surface area contributed by atoms with E-state index < -0.39 is 0 Å². The zero-order valence-electron chi connectivity index (χ0n) is 24.6. The highest BCUT2D eigenvalue weighted by Gasteiger charge is 2.22. The Labute approximate surface area is 246 Å². The molecule has 5 rings (SSSR count). The molecule has 0 aliphatic heterocycles. The fraction of sp³-hybridized carbons (Fsp3) is 0.324. The van der Waals surface area contributed by atoms with Crippen molar-refractivity contribution in [2.45, 2.75) is 65.6 Å². The molecule has 1 aromatic heterocycles. The lowest BCUT2D eigenvalue weighted by Crippen LogP contribution is -2.28. The molecule has 0 atom stereocenters. The fourth-order valence-corrected chi connectivity index (χ4v) is 5.44. The first kappa shape index (κ1) is 28.6. The number of hydrogen-bond acceptors (Lipinski definition) is 3. The summed E-state index contributed by atoms with van der Waals surface area (Å²) in [5.41, 5.74) is 7.38. The average Bonchev–Trinajstić information content (AvgIpc) is 3.63. The molecule has 41 heavy (non-hydrogen) atoms. The van der Waals surface area contributed by atoms with Crippen LogP contribution in [0.3, 0.4) is 0 Å². The number of unbranched alkanes of at least 4 members (excludes halogenated alkanes) is 2. The lowest BCUT2D eigenvalue weighted by molar-refractivity contribution is 0.211. The lowest BCUT2D eigenvalue weighted by Gasteiger charge is -2.24. The number of hydrogen-bond donors (Lipinski definition) is 0. The first-order chi connectivity index (χ1) is 20.2. The SMILES string of the molecule is CCCCN(CC1=CC(OCc2ccccc2)=CC1)Cc1c(-c2ccccc2)nc(-c2ccccc2)n1CCCC. The van der Waals surface area contributed by atoms with Crippen LogP contribution in [0.2, 0.25) is 0 Å². The first-order valence-corrected chi connectivity index (χ1v) is 15.2. The number of nitrogens with zero attached hydrogens (tertiary/aromatic N) is 3. The van der Waals surface area contributed by atoms with Gasteiger partial charge in [-0.15, -0.1) is 0 Å². The van der Waals surface area contributed by atoms with Crippen molar-refractivity contribution in [2.24, 2.45) is 0 Å². The van der Waals surface area contributed by atoms with Gasteiger partial charge < -0.3 is 9.30 Å². The average molecular weight is 546 g/mol. The quantitative estimate of drug-likeness (QED) is 0.149. The zero-order chi connectivity index (χ0) is 28.3.